The normalized spacial score (nSPS) is 21.4. The standard InChI is InChI=1S/C12H19NO4/c1-8(12(2,3)4)17-10(14)9-6-5-7-13(9)11(15)16/h5,7-9H,6H2,1-4H3,(H,15,16). The molecule has 0 radical (unpaired) electrons. The molecule has 0 aromatic rings. The quantitative estimate of drug-likeness (QED) is 0.753. The maximum Gasteiger partial charge on any atom is 0.412 e. The lowest BCUT2D eigenvalue weighted by atomic mass is 9.90. The van der Waals surface area contributed by atoms with Crippen molar-refractivity contribution in [3.63, 3.8) is 0 Å². The van der Waals surface area contributed by atoms with Crippen molar-refractivity contribution in [2.24, 2.45) is 5.41 Å². The number of hydrogen-bond donors (Lipinski definition) is 1. The third kappa shape index (κ3) is 3.22. The summed E-state index contributed by atoms with van der Waals surface area (Å²) in [7, 11) is 0. The Morgan fingerprint density at radius 3 is 2.53 bits per heavy atom. The van der Waals surface area contributed by atoms with Gasteiger partial charge in [0.15, 0.2) is 0 Å². The SMILES string of the molecule is CC(OC(=O)C1CC=CN1C(=O)O)C(C)(C)C. The largest absolute Gasteiger partial charge is 0.465 e. The monoisotopic (exact) mass is 241 g/mol. The van der Waals surface area contributed by atoms with E-state index in [-0.39, 0.29) is 11.5 Å². The van der Waals surface area contributed by atoms with E-state index in [0.29, 0.717) is 6.42 Å². The molecule has 0 saturated heterocycles. The highest BCUT2D eigenvalue weighted by atomic mass is 16.5. The van der Waals surface area contributed by atoms with Gasteiger partial charge >= 0.3 is 12.1 Å². The van der Waals surface area contributed by atoms with Crippen LogP contribution < -0.4 is 0 Å². The molecule has 1 aliphatic rings. The molecule has 0 spiro atoms. The van der Waals surface area contributed by atoms with Crippen LogP contribution in [0.2, 0.25) is 0 Å². The third-order valence-corrected chi connectivity index (χ3v) is 2.97. The van der Waals surface area contributed by atoms with Gasteiger partial charge in [-0.15, -0.1) is 0 Å². The molecule has 1 N–H and O–H groups in total. The lowest BCUT2D eigenvalue weighted by Gasteiger charge is -2.29. The number of ether oxygens (including phenoxy) is 1. The van der Waals surface area contributed by atoms with Crippen LogP contribution in [0.3, 0.4) is 0 Å². The van der Waals surface area contributed by atoms with Crippen molar-refractivity contribution in [1.29, 1.82) is 0 Å². The molecule has 0 aromatic heterocycles. The molecule has 0 saturated carbocycles. The predicted octanol–water partition coefficient (Wildman–Crippen LogP) is 2.23. The van der Waals surface area contributed by atoms with Crippen LogP contribution in [0.5, 0.6) is 0 Å². The van der Waals surface area contributed by atoms with Crippen molar-refractivity contribution in [3.8, 4) is 0 Å². The Morgan fingerprint density at radius 1 is 1.47 bits per heavy atom. The van der Waals surface area contributed by atoms with Crippen LogP contribution in [-0.2, 0) is 9.53 Å². The van der Waals surface area contributed by atoms with Crippen LogP contribution in [0.4, 0.5) is 4.79 Å². The van der Waals surface area contributed by atoms with E-state index in [1.54, 1.807) is 6.08 Å². The van der Waals surface area contributed by atoms with Crippen LogP contribution in [-0.4, -0.2) is 34.2 Å². The molecule has 5 heteroatoms. The van der Waals surface area contributed by atoms with Crippen molar-refractivity contribution in [2.45, 2.75) is 46.3 Å². The highest BCUT2D eigenvalue weighted by Gasteiger charge is 2.34. The average molecular weight is 241 g/mol. The van der Waals surface area contributed by atoms with E-state index in [1.807, 2.05) is 27.7 Å². The predicted molar refractivity (Wildman–Crippen MR) is 62.4 cm³/mol. The summed E-state index contributed by atoms with van der Waals surface area (Å²) in [6, 6.07) is -0.739. The van der Waals surface area contributed by atoms with E-state index < -0.39 is 18.1 Å². The van der Waals surface area contributed by atoms with Gasteiger partial charge in [0, 0.05) is 6.20 Å². The molecule has 0 aromatic carbocycles. The molecule has 2 unspecified atom stereocenters. The van der Waals surface area contributed by atoms with Gasteiger partial charge in [0.05, 0.1) is 0 Å². The molecule has 1 amide bonds. The highest BCUT2D eigenvalue weighted by Crippen LogP contribution is 2.24. The summed E-state index contributed by atoms with van der Waals surface area (Å²) < 4.78 is 5.30. The number of carbonyl (C=O) groups excluding carboxylic acids is 1. The first-order chi connectivity index (χ1) is 7.73. The van der Waals surface area contributed by atoms with E-state index in [4.69, 9.17) is 9.84 Å². The molecule has 96 valence electrons. The summed E-state index contributed by atoms with van der Waals surface area (Å²) in [5.74, 6) is -0.486. The summed E-state index contributed by atoms with van der Waals surface area (Å²) in [5, 5.41) is 8.89. The fourth-order valence-electron chi connectivity index (χ4n) is 1.36. The van der Waals surface area contributed by atoms with Crippen LogP contribution in [0, 0.1) is 5.41 Å². The minimum Gasteiger partial charge on any atom is -0.465 e. The van der Waals surface area contributed by atoms with Gasteiger partial charge < -0.3 is 9.84 Å². The number of hydrogen-bond acceptors (Lipinski definition) is 3. The second kappa shape index (κ2) is 4.77. The maximum absolute atomic E-state index is 11.9. The Morgan fingerprint density at radius 2 is 2.06 bits per heavy atom. The van der Waals surface area contributed by atoms with Gasteiger partial charge in [-0.25, -0.2) is 9.59 Å². The van der Waals surface area contributed by atoms with Gasteiger partial charge in [-0.2, -0.15) is 0 Å². The molecule has 0 fully saturated rings. The summed E-state index contributed by atoms with van der Waals surface area (Å²) >= 11 is 0. The highest BCUT2D eigenvalue weighted by molar-refractivity contribution is 5.82. The first-order valence-electron chi connectivity index (χ1n) is 5.62. The maximum atomic E-state index is 11.9. The van der Waals surface area contributed by atoms with Gasteiger partial charge in [-0.1, -0.05) is 26.8 Å². The van der Waals surface area contributed by atoms with Crippen molar-refractivity contribution in [1.82, 2.24) is 4.90 Å². The fraction of sp³-hybridized carbons (Fsp3) is 0.667. The molecule has 1 rings (SSSR count). The number of carbonyl (C=O) groups is 2. The first kappa shape index (κ1) is 13.5. The second-order valence-electron chi connectivity index (χ2n) is 5.27. The van der Waals surface area contributed by atoms with E-state index in [0.717, 1.165) is 4.90 Å². The van der Waals surface area contributed by atoms with Crippen molar-refractivity contribution < 1.29 is 19.4 Å². The molecule has 0 aliphatic carbocycles. The van der Waals surface area contributed by atoms with Crippen LogP contribution >= 0.6 is 0 Å². The summed E-state index contributed by atoms with van der Waals surface area (Å²) in [5.41, 5.74) is -0.157. The molecule has 0 bridgehead atoms. The van der Waals surface area contributed by atoms with Crippen LogP contribution in [0.15, 0.2) is 12.3 Å². The number of carboxylic acid groups (broad SMARTS) is 1. The van der Waals surface area contributed by atoms with Crippen LogP contribution in [0.1, 0.15) is 34.1 Å². The second-order valence-corrected chi connectivity index (χ2v) is 5.27. The lowest BCUT2D eigenvalue weighted by Crippen LogP contribution is -2.41. The molecular weight excluding hydrogens is 222 g/mol. The van der Waals surface area contributed by atoms with Gasteiger partial charge in [0.1, 0.15) is 12.1 Å². The van der Waals surface area contributed by atoms with E-state index in [9.17, 15) is 9.59 Å². The molecular formula is C12H19NO4. The number of amides is 1. The third-order valence-electron chi connectivity index (χ3n) is 2.97. The molecule has 1 aliphatic heterocycles. The van der Waals surface area contributed by atoms with Crippen molar-refractivity contribution in [2.75, 3.05) is 0 Å². The van der Waals surface area contributed by atoms with Gasteiger partial charge in [-0.3, -0.25) is 4.90 Å². The van der Waals surface area contributed by atoms with Gasteiger partial charge in [0.25, 0.3) is 0 Å². The minimum atomic E-state index is -1.14. The summed E-state index contributed by atoms with van der Waals surface area (Å²) in [4.78, 5) is 23.7. The summed E-state index contributed by atoms with van der Waals surface area (Å²) in [6.07, 6.45) is 2.04. The van der Waals surface area contributed by atoms with E-state index in [2.05, 4.69) is 0 Å². The zero-order valence-electron chi connectivity index (χ0n) is 10.6. The molecule has 17 heavy (non-hydrogen) atoms. The molecule has 1 heterocycles. The summed E-state index contributed by atoms with van der Waals surface area (Å²) in [6.45, 7) is 7.71. The van der Waals surface area contributed by atoms with Crippen molar-refractivity contribution in [3.05, 3.63) is 12.3 Å². The molecule has 5 nitrogen and oxygen atoms in total. The lowest BCUT2D eigenvalue weighted by molar-refractivity contribution is -0.157. The Kier molecular flexibility index (Phi) is 3.80. The first-order valence-corrected chi connectivity index (χ1v) is 5.62. The number of nitrogens with zero attached hydrogens (tertiary/aromatic N) is 1. The fourth-order valence-corrected chi connectivity index (χ4v) is 1.36. The molecule has 2 atom stereocenters. The zero-order chi connectivity index (χ0) is 13.2. The zero-order valence-corrected chi connectivity index (χ0v) is 10.6. The van der Waals surface area contributed by atoms with E-state index >= 15 is 0 Å². The topological polar surface area (TPSA) is 66.8 Å². The Balaban J connectivity index is 2.63. The number of rotatable bonds is 2. The minimum absolute atomic E-state index is 0.157. The Hall–Kier alpha value is -1.52. The van der Waals surface area contributed by atoms with Gasteiger partial charge in [0.2, 0.25) is 0 Å². The average Bonchev–Trinajstić information content (AvgIpc) is 2.63. The van der Waals surface area contributed by atoms with Gasteiger partial charge in [-0.05, 0) is 18.8 Å². The smallest absolute Gasteiger partial charge is 0.412 e. The Bertz CT molecular complexity index is 343. The van der Waals surface area contributed by atoms with E-state index in [1.165, 1.54) is 6.20 Å². The Labute approximate surface area is 101 Å². The van der Waals surface area contributed by atoms with Crippen molar-refractivity contribution >= 4 is 12.1 Å². The number of esters is 1. The van der Waals surface area contributed by atoms with Crippen LogP contribution in [0.25, 0.3) is 0 Å².